The number of halogens is 2. The molecule has 3 rings (SSSR count). The Hall–Kier alpha value is -1.21. The SMILES string of the molecule is COCCCC[C@@](O)(c1cccc(Cl)c1F)[C@@H]1CCCN(C(=O)C[C@@H](CC2CCCCC2)[C@@H](C)N)C1. The molecule has 1 aromatic carbocycles. The Morgan fingerprint density at radius 1 is 1.25 bits per heavy atom. The van der Waals surface area contributed by atoms with Gasteiger partial charge in [0.15, 0.2) is 0 Å². The third-order valence-electron chi connectivity index (χ3n) is 8.57. The Morgan fingerprint density at radius 2 is 2.00 bits per heavy atom. The summed E-state index contributed by atoms with van der Waals surface area (Å²) in [7, 11) is 1.65. The molecule has 2 fully saturated rings. The van der Waals surface area contributed by atoms with Crippen LogP contribution in [0.3, 0.4) is 0 Å². The smallest absolute Gasteiger partial charge is 0.222 e. The lowest BCUT2D eigenvalue weighted by molar-refractivity contribution is -0.138. The number of methoxy groups -OCH3 is 1. The van der Waals surface area contributed by atoms with Gasteiger partial charge < -0.3 is 20.5 Å². The fraction of sp³-hybridized carbons (Fsp3) is 0.759. The van der Waals surface area contributed by atoms with E-state index in [1.54, 1.807) is 19.2 Å². The summed E-state index contributed by atoms with van der Waals surface area (Å²) >= 11 is 6.11. The largest absolute Gasteiger partial charge is 0.385 e. The highest BCUT2D eigenvalue weighted by Crippen LogP contribution is 2.42. The number of benzene rings is 1. The Bertz CT molecular complexity index is 833. The summed E-state index contributed by atoms with van der Waals surface area (Å²) in [6, 6.07) is 4.79. The minimum atomic E-state index is -1.40. The number of amides is 1. The molecule has 0 bridgehead atoms. The van der Waals surface area contributed by atoms with Crippen LogP contribution < -0.4 is 5.73 Å². The number of unbranched alkanes of at least 4 members (excludes halogenated alkanes) is 1. The second-order valence-corrected chi connectivity index (χ2v) is 11.6. The third kappa shape index (κ3) is 7.66. The molecule has 4 atom stereocenters. The molecule has 2 aliphatic rings. The van der Waals surface area contributed by atoms with Crippen molar-refractivity contribution in [1.82, 2.24) is 4.90 Å². The van der Waals surface area contributed by atoms with Crippen LogP contribution >= 0.6 is 11.6 Å². The Kier molecular flexibility index (Phi) is 11.5. The molecule has 1 aliphatic heterocycles. The number of likely N-dealkylation sites (tertiary alicyclic amines) is 1. The Labute approximate surface area is 221 Å². The number of nitrogens with zero attached hydrogens (tertiary/aromatic N) is 1. The molecule has 1 saturated heterocycles. The molecule has 1 saturated carbocycles. The fourth-order valence-electron chi connectivity index (χ4n) is 6.32. The number of hydrogen-bond acceptors (Lipinski definition) is 4. The van der Waals surface area contributed by atoms with Crippen molar-refractivity contribution in [3.63, 3.8) is 0 Å². The first-order valence-electron chi connectivity index (χ1n) is 14.0. The van der Waals surface area contributed by atoms with Gasteiger partial charge in [0.2, 0.25) is 5.91 Å². The van der Waals surface area contributed by atoms with Crippen molar-refractivity contribution >= 4 is 17.5 Å². The van der Waals surface area contributed by atoms with Gasteiger partial charge in [-0.3, -0.25) is 4.79 Å². The average molecular weight is 525 g/mol. The Balaban J connectivity index is 1.73. The number of aliphatic hydroxyl groups is 1. The zero-order valence-corrected chi connectivity index (χ0v) is 22.9. The molecule has 5 nitrogen and oxygen atoms in total. The van der Waals surface area contributed by atoms with E-state index in [2.05, 4.69) is 0 Å². The lowest BCUT2D eigenvalue weighted by Gasteiger charge is -2.43. The summed E-state index contributed by atoms with van der Waals surface area (Å²) in [5, 5.41) is 12.0. The van der Waals surface area contributed by atoms with Crippen LogP contribution in [-0.4, -0.2) is 48.8 Å². The van der Waals surface area contributed by atoms with Crippen molar-refractivity contribution in [2.75, 3.05) is 26.8 Å². The summed E-state index contributed by atoms with van der Waals surface area (Å²) < 4.78 is 20.3. The molecule has 3 N–H and O–H groups in total. The van der Waals surface area contributed by atoms with E-state index < -0.39 is 11.4 Å². The molecular formula is C29H46ClFN2O3. The fourth-order valence-corrected chi connectivity index (χ4v) is 6.49. The highest BCUT2D eigenvalue weighted by molar-refractivity contribution is 6.30. The lowest BCUT2D eigenvalue weighted by Crippen LogP contribution is -2.49. The highest BCUT2D eigenvalue weighted by atomic mass is 35.5. The second kappa shape index (κ2) is 14.1. The molecular weight excluding hydrogens is 479 g/mol. The lowest BCUT2D eigenvalue weighted by atomic mass is 9.73. The predicted octanol–water partition coefficient (Wildman–Crippen LogP) is 6.05. The van der Waals surface area contributed by atoms with Crippen LogP contribution in [0.4, 0.5) is 4.39 Å². The zero-order chi connectivity index (χ0) is 26.1. The van der Waals surface area contributed by atoms with Gasteiger partial charge in [0.05, 0.1) is 10.6 Å². The van der Waals surface area contributed by atoms with E-state index in [1.807, 2.05) is 11.8 Å². The molecule has 1 amide bonds. The summed E-state index contributed by atoms with van der Waals surface area (Å²) in [6.45, 7) is 3.69. The molecule has 0 radical (unpaired) electrons. The summed E-state index contributed by atoms with van der Waals surface area (Å²) in [5.74, 6) is 0.101. The van der Waals surface area contributed by atoms with Gasteiger partial charge >= 0.3 is 0 Å². The highest BCUT2D eigenvalue weighted by Gasteiger charge is 2.43. The van der Waals surface area contributed by atoms with Crippen LogP contribution in [0, 0.1) is 23.6 Å². The van der Waals surface area contributed by atoms with Crippen LogP contribution in [0.15, 0.2) is 18.2 Å². The standard InChI is InChI=1S/C29H46ClFN2O3/c1-21(32)23(18-22-10-4-3-5-11-22)19-27(34)33-16-9-12-24(20-33)29(35,15-6-7-17-36-2)25-13-8-14-26(30)28(25)31/h8,13-14,21-24,35H,3-7,9-12,15-20,32H2,1-2H3/t21-,23-,24-,29+/m1/s1. The predicted molar refractivity (Wildman–Crippen MR) is 143 cm³/mol. The minimum absolute atomic E-state index is 0.00838. The number of hydrogen-bond donors (Lipinski definition) is 2. The number of carbonyl (C=O) groups is 1. The van der Waals surface area contributed by atoms with Crippen LogP contribution in [-0.2, 0) is 15.1 Å². The van der Waals surface area contributed by atoms with E-state index in [9.17, 15) is 9.90 Å². The monoisotopic (exact) mass is 524 g/mol. The van der Waals surface area contributed by atoms with E-state index in [0.717, 1.165) is 25.7 Å². The normalized spacial score (nSPS) is 22.7. The molecule has 7 heteroatoms. The first-order chi connectivity index (χ1) is 17.3. The Morgan fingerprint density at radius 3 is 2.69 bits per heavy atom. The van der Waals surface area contributed by atoms with Gasteiger partial charge in [-0.25, -0.2) is 4.39 Å². The van der Waals surface area contributed by atoms with E-state index in [4.69, 9.17) is 22.1 Å². The average Bonchev–Trinajstić information content (AvgIpc) is 2.88. The second-order valence-electron chi connectivity index (χ2n) is 11.2. The first-order valence-corrected chi connectivity index (χ1v) is 14.3. The van der Waals surface area contributed by atoms with Crippen LogP contribution in [0.5, 0.6) is 0 Å². The van der Waals surface area contributed by atoms with Crippen LogP contribution in [0.1, 0.15) is 89.5 Å². The molecule has 1 aliphatic carbocycles. The number of ether oxygens (including phenoxy) is 1. The summed E-state index contributed by atoms with van der Waals surface area (Å²) in [5.41, 5.74) is 5.17. The van der Waals surface area contributed by atoms with Crippen molar-refractivity contribution in [2.45, 2.75) is 95.6 Å². The number of nitrogens with two attached hydrogens (primary N) is 1. The molecule has 0 spiro atoms. The topological polar surface area (TPSA) is 75.8 Å². The maximum atomic E-state index is 15.2. The third-order valence-corrected chi connectivity index (χ3v) is 8.86. The quantitative estimate of drug-likeness (QED) is 0.326. The van der Waals surface area contributed by atoms with Crippen molar-refractivity contribution in [3.8, 4) is 0 Å². The zero-order valence-electron chi connectivity index (χ0n) is 22.2. The number of piperidine rings is 1. The first kappa shape index (κ1) is 29.3. The van der Waals surface area contributed by atoms with Gasteiger partial charge in [0, 0.05) is 50.8 Å². The van der Waals surface area contributed by atoms with E-state index >= 15 is 4.39 Å². The van der Waals surface area contributed by atoms with Crippen LogP contribution in [0.25, 0.3) is 0 Å². The van der Waals surface area contributed by atoms with Crippen molar-refractivity contribution in [3.05, 3.63) is 34.6 Å². The number of rotatable bonds is 12. The van der Waals surface area contributed by atoms with E-state index in [1.165, 1.54) is 38.2 Å². The molecule has 204 valence electrons. The molecule has 0 unspecified atom stereocenters. The summed E-state index contributed by atoms with van der Waals surface area (Å²) in [6.07, 6.45) is 11.2. The van der Waals surface area contributed by atoms with Gasteiger partial charge in [-0.05, 0) is 63.4 Å². The van der Waals surface area contributed by atoms with Crippen molar-refractivity contribution in [1.29, 1.82) is 0 Å². The molecule has 1 aromatic rings. The van der Waals surface area contributed by atoms with E-state index in [0.29, 0.717) is 44.9 Å². The summed E-state index contributed by atoms with van der Waals surface area (Å²) in [4.78, 5) is 15.3. The van der Waals surface area contributed by atoms with Crippen molar-refractivity contribution < 1.29 is 19.0 Å². The number of carbonyl (C=O) groups excluding carboxylic acids is 1. The van der Waals surface area contributed by atoms with Gasteiger partial charge in [-0.1, -0.05) is 55.8 Å². The van der Waals surface area contributed by atoms with E-state index in [-0.39, 0.29) is 34.4 Å². The van der Waals surface area contributed by atoms with Crippen molar-refractivity contribution in [2.24, 2.45) is 23.5 Å². The van der Waals surface area contributed by atoms with Gasteiger partial charge in [-0.15, -0.1) is 0 Å². The minimum Gasteiger partial charge on any atom is -0.385 e. The maximum Gasteiger partial charge on any atom is 0.222 e. The van der Waals surface area contributed by atoms with Crippen LogP contribution in [0.2, 0.25) is 5.02 Å². The molecule has 1 heterocycles. The molecule has 0 aromatic heterocycles. The molecule has 36 heavy (non-hydrogen) atoms. The van der Waals surface area contributed by atoms with Gasteiger partial charge in [0.25, 0.3) is 0 Å². The van der Waals surface area contributed by atoms with Gasteiger partial charge in [0.1, 0.15) is 5.82 Å². The maximum absolute atomic E-state index is 15.2. The van der Waals surface area contributed by atoms with Gasteiger partial charge in [-0.2, -0.15) is 0 Å².